The van der Waals surface area contributed by atoms with Crippen LogP contribution in [-0.4, -0.2) is 22.8 Å². The van der Waals surface area contributed by atoms with Gasteiger partial charge in [-0.15, -0.1) is 0 Å². The van der Waals surface area contributed by atoms with Crippen LogP contribution in [0.1, 0.15) is 18.4 Å². The van der Waals surface area contributed by atoms with Gasteiger partial charge in [-0.25, -0.2) is 0 Å². The van der Waals surface area contributed by atoms with Gasteiger partial charge in [-0.1, -0.05) is 18.2 Å². The Bertz CT molecular complexity index is 482. The van der Waals surface area contributed by atoms with Gasteiger partial charge in [0.2, 0.25) is 0 Å². The molecule has 1 fully saturated rings. The van der Waals surface area contributed by atoms with Gasteiger partial charge < -0.3 is 5.32 Å². The lowest BCUT2D eigenvalue weighted by atomic mass is 10.0. The number of rotatable bonds is 3. The quantitative estimate of drug-likeness (QED) is 0.795. The van der Waals surface area contributed by atoms with E-state index >= 15 is 0 Å². The summed E-state index contributed by atoms with van der Waals surface area (Å²) in [6.45, 7) is 0. The fourth-order valence-electron chi connectivity index (χ4n) is 2.21. The van der Waals surface area contributed by atoms with Crippen molar-refractivity contribution >= 4 is 10.9 Å². The van der Waals surface area contributed by atoms with E-state index in [4.69, 9.17) is 0 Å². The Hall–Kier alpha value is -1.35. The number of likely N-dealkylation sites (N-methyl/N-ethyl adjacent to an activating group) is 1. The Kier molecular flexibility index (Phi) is 1.83. The Morgan fingerprint density at radius 1 is 1.47 bits per heavy atom. The Labute approximate surface area is 88.9 Å². The van der Waals surface area contributed by atoms with E-state index in [1.165, 1.54) is 29.3 Å². The molecule has 3 heteroatoms. The van der Waals surface area contributed by atoms with E-state index in [1.807, 2.05) is 6.20 Å². The third-order valence-electron chi connectivity index (χ3n) is 3.48. The Balaban J connectivity index is 2.00. The van der Waals surface area contributed by atoms with Crippen LogP contribution in [0.15, 0.2) is 24.4 Å². The number of hydrogen-bond donors (Lipinski definition) is 2. The molecular formula is C12H15N3. The molecule has 2 aromatic rings. The van der Waals surface area contributed by atoms with E-state index in [0.717, 1.165) is 6.42 Å². The van der Waals surface area contributed by atoms with Crippen molar-refractivity contribution in [3.63, 3.8) is 0 Å². The molecule has 0 spiro atoms. The van der Waals surface area contributed by atoms with Crippen LogP contribution in [-0.2, 0) is 6.42 Å². The topological polar surface area (TPSA) is 40.7 Å². The van der Waals surface area contributed by atoms with Crippen LogP contribution in [0.3, 0.4) is 0 Å². The van der Waals surface area contributed by atoms with E-state index in [0.29, 0.717) is 5.54 Å². The van der Waals surface area contributed by atoms with Crippen molar-refractivity contribution in [2.24, 2.45) is 0 Å². The highest BCUT2D eigenvalue weighted by atomic mass is 15.1. The van der Waals surface area contributed by atoms with Crippen LogP contribution in [0.4, 0.5) is 0 Å². The zero-order chi connectivity index (χ0) is 10.3. The van der Waals surface area contributed by atoms with E-state index in [-0.39, 0.29) is 0 Å². The van der Waals surface area contributed by atoms with Crippen molar-refractivity contribution in [3.8, 4) is 0 Å². The second kappa shape index (κ2) is 3.07. The second-order valence-corrected chi connectivity index (χ2v) is 4.46. The molecule has 0 radical (unpaired) electrons. The van der Waals surface area contributed by atoms with Gasteiger partial charge in [-0.3, -0.25) is 5.10 Å². The molecule has 1 aromatic heterocycles. The van der Waals surface area contributed by atoms with E-state index in [1.54, 1.807) is 0 Å². The molecule has 0 amide bonds. The number of nitrogens with zero attached hydrogens (tertiary/aromatic N) is 1. The summed E-state index contributed by atoms with van der Waals surface area (Å²) in [7, 11) is 2.06. The molecule has 0 unspecified atom stereocenters. The molecular weight excluding hydrogens is 186 g/mol. The standard InChI is InChI=1S/C12H15N3/c1-13-12(5-6-12)7-9-3-2-4-10-8-14-15-11(9)10/h2-4,8,13H,5-7H2,1H3,(H,14,15). The van der Waals surface area contributed by atoms with Crippen molar-refractivity contribution in [3.05, 3.63) is 30.0 Å². The third-order valence-corrected chi connectivity index (χ3v) is 3.48. The smallest absolute Gasteiger partial charge is 0.0682 e. The summed E-state index contributed by atoms with van der Waals surface area (Å²) >= 11 is 0. The predicted molar refractivity (Wildman–Crippen MR) is 60.8 cm³/mol. The SMILES string of the molecule is CNC1(Cc2cccc3cn[nH]c23)CC1. The molecule has 2 N–H and O–H groups in total. The van der Waals surface area contributed by atoms with Crippen LogP contribution in [0.5, 0.6) is 0 Å². The Morgan fingerprint density at radius 3 is 3.07 bits per heavy atom. The van der Waals surface area contributed by atoms with Gasteiger partial charge in [0.25, 0.3) is 0 Å². The fourth-order valence-corrected chi connectivity index (χ4v) is 2.21. The summed E-state index contributed by atoms with van der Waals surface area (Å²) in [5.74, 6) is 0. The van der Waals surface area contributed by atoms with Crippen LogP contribution < -0.4 is 5.32 Å². The number of para-hydroxylation sites is 1. The minimum Gasteiger partial charge on any atom is -0.314 e. The normalized spacial score (nSPS) is 18.2. The lowest BCUT2D eigenvalue weighted by Crippen LogP contribution is -2.29. The molecule has 3 nitrogen and oxygen atoms in total. The highest BCUT2D eigenvalue weighted by molar-refractivity contribution is 5.81. The molecule has 1 aliphatic carbocycles. The molecule has 78 valence electrons. The average molecular weight is 201 g/mol. The van der Waals surface area contributed by atoms with Crippen LogP contribution in [0.2, 0.25) is 0 Å². The largest absolute Gasteiger partial charge is 0.314 e. The maximum Gasteiger partial charge on any atom is 0.0682 e. The molecule has 3 rings (SSSR count). The third kappa shape index (κ3) is 1.43. The number of nitrogens with one attached hydrogen (secondary N) is 2. The fraction of sp³-hybridized carbons (Fsp3) is 0.417. The summed E-state index contributed by atoms with van der Waals surface area (Å²) in [4.78, 5) is 0. The van der Waals surface area contributed by atoms with Gasteiger partial charge >= 0.3 is 0 Å². The van der Waals surface area contributed by atoms with Gasteiger partial charge in [-0.05, 0) is 31.9 Å². The van der Waals surface area contributed by atoms with Crippen molar-refractivity contribution in [1.82, 2.24) is 15.5 Å². The van der Waals surface area contributed by atoms with Crippen molar-refractivity contribution in [1.29, 1.82) is 0 Å². The van der Waals surface area contributed by atoms with Crippen LogP contribution in [0.25, 0.3) is 10.9 Å². The maximum atomic E-state index is 4.09. The van der Waals surface area contributed by atoms with Crippen LogP contribution in [0, 0.1) is 0 Å². The first-order valence-corrected chi connectivity index (χ1v) is 5.43. The van der Waals surface area contributed by atoms with E-state index < -0.39 is 0 Å². The number of aromatic amines is 1. The van der Waals surface area contributed by atoms with Gasteiger partial charge in [-0.2, -0.15) is 5.10 Å². The number of H-pyrrole nitrogens is 1. The van der Waals surface area contributed by atoms with Crippen LogP contribution >= 0.6 is 0 Å². The van der Waals surface area contributed by atoms with Crippen molar-refractivity contribution in [2.75, 3.05) is 7.05 Å². The average Bonchev–Trinajstić information content (AvgIpc) is 2.87. The van der Waals surface area contributed by atoms with Gasteiger partial charge in [0.1, 0.15) is 0 Å². The first-order valence-electron chi connectivity index (χ1n) is 5.43. The minimum absolute atomic E-state index is 0.361. The molecule has 1 saturated carbocycles. The number of aromatic nitrogens is 2. The molecule has 0 saturated heterocycles. The zero-order valence-corrected chi connectivity index (χ0v) is 8.88. The summed E-state index contributed by atoms with van der Waals surface area (Å²) in [6, 6.07) is 6.40. The molecule has 0 atom stereocenters. The van der Waals surface area contributed by atoms with Gasteiger partial charge in [0, 0.05) is 10.9 Å². The minimum atomic E-state index is 0.361. The molecule has 0 aliphatic heterocycles. The molecule has 15 heavy (non-hydrogen) atoms. The predicted octanol–water partition coefficient (Wildman–Crippen LogP) is 1.86. The monoisotopic (exact) mass is 201 g/mol. The zero-order valence-electron chi connectivity index (χ0n) is 8.88. The van der Waals surface area contributed by atoms with E-state index in [2.05, 4.69) is 40.8 Å². The lowest BCUT2D eigenvalue weighted by molar-refractivity contribution is 0.550. The van der Waals surface area contributed by atoms with Crippen molar-refractivity contribution < 1.29 is 0 Å². The maximum absolute atomic E-state index is 4.09. The number of hydrogen-bond acceptors (Lipinski definition) is 2. The summed E-state index contributed by atoms with van der Waals surface area (Å²) in [6.07, 6.45) is 5.56. The summed E-state index contributed by atoms with van der Waals surface area (Å²) in [5.41, 5.74) is 2.93. The summed E-state index contributed by atoms with van der Waals surface area (Å²) in [5, 5.41) is 11.8. The molecule has 1 aliphatic rings. The second-order valence-electron chi connectivity index (χ2n) is 4.46. The first kappa shape index (κ1) is 8.92. The number of benzene rings is 1. The number of fused-ring (bicyclic) bond motifs is 1. The molecule has 0 bridgehead atoms. The first-order chi connectivity index (χ1) is 7.33. The molecule has 1 heterocycles. The van der Waals surface area contributed by atoms with Crippen molar-refractivity contribution in [2.45, 2.75) is 24.8 Å². The lowest BCUT2D eigenvalue weighted by Gasteiger charge is -2.14. The van der Waals surface area contributed by atoms with Gasteiger partial charge in [0.05, 0.1) is 11.7 Å². The highest BCUT2D eigenvalue weighted by Crippen LogP contribution is 2.39. The molecule has 1 aromatic carbocycles. The van der Waals surface area contributed by atoms with E-state index in [9.17, 15) is 0 Å². The van der Waals surface area contributed by atoms with Gasteiger partial charge in [0.15, 0.2) is 0 Å². The summed E-state index contributed by atoms with van der Waals surface area (Å²) < 4.78 is 0. The highest BCUT2D eigenvalue weighted by Gasteiger charge is 2.41. The Morgan fingerprint density at radius 2 is 2.33 bits per heavy atom.